The molecule has 0 saturated heterocycles. The van der Waals surface area contributed by atoms with Crippen LogP contribution in [0.2, 0.25) is 0 Å². The fourth-order valence-corrected chi connectivity index (χ4v) is 1.09. The van der Waals surface area contributed by atoms with E-state index in [0.717, 1.165) is 6.20 Å². The molecule has 0 atom stereocenters. The van der Waals surface area contributed by atoms with Crippen molar-refractivity contribution in [3.05, 3.63) is 28.6 Å². The summed E-state index contributed by atoms with van der Waals surface area (Å²) in [6.45, 7) is 0. The van der Waals surface area contributed by atoms with E-state index in [-0.39, 0.29) is 0 Å². The van der Waals surface area contributed by atoms with Crippen molar-refractivity contribution in [2.45, 2.75) is 4.90 Å². The van der Waals surface area contributed by atoms with Gasteiger partial charge in [0.25, 0.3) is 5.69 Å². The van der Waals surface area contributed by atoms with Crippen LogP contribution in [0.5, 0.6) is 0 Å². The van der Waals surface area contributed by atoms with Crippen molar-refractivity contribution in [2.75, 3.05) is 0 Å². The monoisotopic (exact) mass is 206 g/mol. The molecular formula is C5H3FN2O4S. The Labute approximate surface area is 72.4 Å². The molecule has 0 saturated carbocycles. The Morgan fingerprint density at radius 2 is 2.08 bits per heavy atom. The minimum absolute atomic E-state index is 0.571. The maximum absolute atomic E-state index is 12.3. The van der Waals surface area contributed by atoms with Crippen molar-refractivity contribution in [1.82, 2.24) is 4.98 Å². The molecule has 0 N–H and O–H groups in total. The first kappa shape index (κ1) is 9.52. The summed E-state index contributed by atoms with van der Waals surface area (Å²) in [6.07, 6.45) is 1.52. The summed E-state index contributed by atoms with van der Waals surface area (Å²) in [5.41, 5.74) is -0.571. The zero-order chi connectivity index (χ0) is 10.1. The van der Waals surface area contributed by atoms with Crippen LogP contribution in [-0.2, 0) is 10.2 Å². The molecule has 0 unspecified atom stereocenters. The average molecular weight is 206 g/mol. The quantitative estimate of drug-likeness (QED) is 0.402. The first-order valence-corrected chi connectivity index (χ1v) is 4.34. The number of aromatic nitrogens is 1. The molecule has 70 valence electrons. The molecule has 1 aromatic rings. The van der Waals surface area contributed by atoms with Gasteiger partial charge in [0, 0.05) is 12.3 Å². The van der Waals surface area contributed by atoms with E-state index < -0.39 is 25.7 Å². The van der Waals surface area contributed by atoms with Gasteiger partial charge in [-0.1, -0.05) is 0 Å². The second-order valence-electron chi connectivity index (χ2n) is 2.07. The van der Waals surface area contributed by atoms with Gasteiger partial charge >= 0.3 is 10.2 Å². The van der Waals surface area contributed by atoms with E-state index in [0.29, 0.717) is 12.3 Å². The van der Waals surface area contributed by atoms with Gasteiger partial charge in [-0.15, -0.1) is 3.89 Å². The molecule has 0 bridgehead atoms. The second kappa shape index (κ2) is 3.05. The molecule has 0 aromatic carbocycles. The number of rotatable bonds is 2. The van der Waals surface area contributed by atoms with Gasteiger partial charge in [-0.2, -0.15) is 8.42 Å². The van der Waals surface area contributed by atoms with Crippen molar-refractivity contribution in [1.29, 1.82) is 0 Å². The first-order valence-electron chi connectivity index (χ1n) is 2.95. The predicted octanol–water partition coefficient (Wildman–Crippen LogP) is 0.648. The molecule has 0 spiro atoms. The maximum atomic E-state index is 12.3. The van der Waals surface area contributed by atoms with Gasteiger partial charge in [0.05, 0.1) is 4.92 Å². The highest BCUT2D eigenvalue weighted by molar-refractivity contribution is 7.86. The van der Waals surface area contributed by atoms with Crippen molar-refractivity contribution in [3.63, 3.8) is 0 Å². The largest absolute Gasteiger partial charge is 0.333 e. The second-order valence-corrected chi connectivity index (χ2v) is 3.42. The van der Waals surface area contributed by atoms with Gasteiger partial charge in [0.2, 0.25) is 0 Å². The van der Waals surface area contributed by atoms with Crippen molar-refractivity contribution in [2.24, 2.45) is 0 Å². The number of halogens is 1. The Bertz CT molecular complexity index is 444. The molecular weight excluding hydrogens is 203 g/mol. The summed E-state index contributed by atoms with van der Waals surface area (Å²) < 4.78 is 32.8. The van der Waals surface area contributed by atoms with Crippen molar-refractivity contribution >= 4 is 15.9 Å². The average Bonchev–Trinajstić information content (AvgIpc) is 2.03. The molecule has 13 heavy (non-hydrogen) atoms. The molecule has 1 aromatic heterocycles. The fourth-order valence-electron chi connectivity index (χ4n) is 0.641. The maximum Gasteiger partial charge on any atom is 0.333 e. The number of hydrogen-bond acceptors (Lipinski definition) is 5. The molecule has 0 fully saturated rings. The zero-order valence-corrected chi connectivity index (χ0v) is 6.86. The molecule has 6 nitrogen and oxygen atoms in total. The lowest BCUT2D eigenvalue weighted by molar-refractivity contribution is -0.385. The van der Waals surface area contributed by atoms with Crippen LogP contribution in [0.15, 0.2) is 23.4 Å². The van der Waals surface area contributed by atoms with E-state index in [9.17, 15) is 22.4 Å². The van der Waals surface area contributed by atoms with Gasteiger partial charge < -0.3 is 0 Å². The van der Waals surface area contributed by atoms with Crippen LogP contribution in [0.4, 0.5) is 9.57 Å². The minimum Gasteiger partial charge on any atom is -0.258 e. The summed E-state index contributed by atoms with van der Waals surface area (Å²) >= 11 is 0. The lowest BCUT2D eigenvalue weighted by Crippen LogP contribution is -1.95. The van der Waals surface area contributed by atoms with E-state index in [1.165, 1.54) is 0 Å². The third kappa shape index (κ3) is 2.18. The van der Waals surface area contributed by atoms with Crippen molar-refractivity contribution in [3.8, 4) is 0 Å². The summed E-state index contributed by atoms with van der Waals surface area (Å²) in [5, 5.41) is 10.1. The molecule has 1 heterocycles. The van der Waals surface area contributed by atoms with Crippen LogP contribution in [0.1, 0.15) is 0 Å². The standard InChI is InChI=1S/C5H3FN2O4S/c6-13(11,12)5-1-4(8(9)10)2-7-3-5/h1-3H. The van der Waals surface area contributed by atoms with Gasteiger partial charge in [-0.25, -0.2) is 0 Å². The van der Waals surface area contributed by atoms with E-state index in [1.807, 2.05) is 0 Å². The highest BCUT2D eigenvalue weighted by Crippen LogP contribution is 2.16. The molecule has 0 amide bonds. The van der Waals surface area contributed by atoms with E-state index in [2.05, 4.69) is 4.98 Å². The topological polar surface area (TPSA) is 90.2 Å². The Morgan fingerprint density at radius 1 is 1.46 bits per heavy atom. The summed E-state index contributed by atoms with van der Waals surface area (Å²) in [6, 6.07) is 0.600. The fraction of sp³-hybridized carbons (Fsp3) is 0. The number of pyridine rings is 1. The summed E-state index contributed by atoms with van der Waals surface area (Å²) in [7, 11) is -4.93. The van der Waals surface area contributed by atoms with Gasteiger partial charge in [-0.3, -0.25) is 15.1 Å². The van der Waals surface area contributed by atoms with Gasteiger partial charge in [-0.05, 0) is 0 Å². The molecule has 1 rings (SSSR count). The smallest absolute Gasteiger partial charge is 0.258 e. The van der Waals surface area contributed by atoms with E-state index >= 15 is 0 Å². The predicted molar refractivity (Wildman–Crippen MR) is 39.2 cm³/mol. The highest BCUT2D eigenvalue weighted by Gasteiger charge is 2.16. The van der Waals surface area contributed by atoms with Crippen LogP contribution >= 0.6 is 0 Å². The molecule has 0 aliphatic heterocycles. The van der Waals surface area contributed by atoms with Gasteiger partial charge in [0.15, 0.2) is 0 Å². The normalized spacial score (nSPS) is 11.2. The highest BCUT2D eigenvalue weighted by atomic mass is 32.3. The minimum atomic E-state index is -4.93. The van der Waals surface area contributed by atoms with E-state index in [1.54, 1.807) is 0 Å². The molecule has 0 radical (unpaired) electrons. The number of nitro groups is 1. The number of hydrogen-bond donors (Lipinski definition) is 0. The lowest BCUT2D eigenvalue weighted by Gasteiger charge is -1.93. The first-order chi connectivity index (χ1) is 5.91. The molecule has 8 heteroatoms. The third-order valence-electron chi connectivity index (χ3n) is 1.19. The van der Waals surface area contributed by atoms with Crippen LogP contribution < -0.4 is 0 Å². The zero-order valence-electron chi connectivity index (χ0n) is 6.05. The van der Waals surface area contributed by atoms with Crippen LogP contribution in [0.3, 0.4) is 0 Å². The molecule has 0 aliphatic carbocycles. The lowest BCUT2D eigenvalue weighted by atomic mass is 10.4. The Hall–Kier alpha value is -1.57. The van der Waals surface area contributed by atoms with Crippen LogP contribution in [0.25, 0.3) is 0 Å². The van der Waals surface area contributed by atoms with Crippen LogP contribution in [-0.4, -0.2) is 18.3 Å². The van der Waals surface area contributed by atoms with E-state index in [4.69, 9.17) is 0 Å². The summed E-state index contributed by atoms with van der Waals surface area (Å²) in [5.74, 6) is 0. The Morgan fingerprint density at radius 3 is 2.54 bits per heavy atom. The van der Waals surface area contributed by atoms with Gasteiger partial charge in [0.1, 0.15) is 11.1 Å². The molecule has 0 aliphatic rings. The van der Waals surface area contributed by atoms with Crippen molar-refractivity contribution < 1.29 is 17.2 Å². The number of nitrogens with zero attached hydrogens (tertiary/aromatic N) is 2. The Kier molecular flexibility index (Phi) is 2.24. The Balaban J connectivity index is 3.29. The van der Waals surface area contributed by atoms with Crippen LogP contribution in [0, 0.1) is 10.1 Å². The summed E-state index contributed by atoms with van der Waals surface area (Å²) in [4.78, 5) is 11.7. The third-order valence-corrected chi connectivity index (χ3v) is 1.98. The SMILES string of the molecule is O=[N+]([O-])c1cncc(S(=O)(=O)F)c1.